The van der Waals surface area contributed by atoms with Gasteiger partial charge in [-0.05, 0) is 70.8 Å². The van der Waals surface area contributed by atoms with Crippen LogP contribution in [0, 0.1) is 0 Å². The average Bonchev–Trinajstić information content (AvgIpc) is 2.80. The van der Waals surface area contributed by atoms with Crippen LogP contribution in [0.3, 0.4) is 0 Å². The maximum absolute atomic E-state index is 11.0. The quantitative estimate of drug-likeness (QED) is 0.395. The Morgan fingerprint density at radius 3 is 0.968 bits per heavy atom. The second kappa shape index (κ2) is 8.55. The highest BCUT2D eigenvalue weighted by atomic mass is 16.5. The number of carbonyl (C=O) groups is 2. The minimum Gasteiger partial charge on any atom is -0.478 e. The third-order valence-electron chi connectivity index (χ3n) is 4.87. The highest BCUT2D eigenvalue weighted by Gasteiger charge is 2.06. The van der Waals surface area contributed by atoms with Crippen LogP contribution >= 0.6 is 0 Å². The SMILES string of the molecule is O=C(O)c1ccc(-c2ccc(Oc3ccc(-c4ccc(C(=O)O)cc4)cc3)cc2)cc1. The van der Waals surface area contributed by atoms with E-state index < -0.39 is 11.9 Å². The molecule has 5 nitrogen and oxygen atoms in total. The predicted octanol–water partition coefficient (Wildman–Crippen LogP) is 6.21. The molecule has 0 saturated heterocycles. The Bertz CT molecular complexity index is 1110. The second-order valence-electron chi connectivity index (χ2n) is 6.92. The lowest BCUT2D eigenvalue weighted by molar-refractivity contribution is 0.0686. The zero-order valence-electron chi connectivity index (χ0n) is 16.4. The van der Waals surface area contributed by atoms with Crippen LogP contribution in [0.25, 0.3) is 22.3 Å². The molecule has 0 aliphatic carbocycles. The zero-order chi connectivity index (χ0) is 21.8. The van der Waals surface area contributed by atoms with Gasteiger partial charge in [-0.25, -0.2) is 9.59 Å². The van der Waals surface area contributed by atoms with Gasteiger partial charge in [0.1, 0.15) is 11.5 Å². The molecule has 0 aromatic heterocycles. The third-order valence-corrected chi connectivity index (χ3v) is 4.87. The molecule has 4 aromatic rings. The van der Waals surface area contributed by atoms with Crippen LogP contribution in [-0.2, 0) is 0 Å². The lowest BCUT2D eigenvalue weighted by Crippen LogP contribution is -1.95. The standard InChI is InChI=1S/C26H18O5/c27-25(28)21-5-1-17(2-6-21)19-9-13-23(14-10-19)31-24-15-11-20(12-16-24)18-3-7-22(8-4-18)26(29)30/h1-16H,(H,27,28)(H,29,30). The topological polar surface area (TPSA) is 83.8 Å². The summed E-state index contributed by atoms with van der Waals surface area (Å²) in [6.45, 7) is 0. The number of rotatable bonds is 6. The Hall–Kier alpha value is -4.38. The predicted molar refractivity (Wildman–Crippen MR) is 118 cm³/mol. The summed E-state index contributed by atoms with van der Waals surface area (Å²) in [5.74, 6) is -0.522. The average molecular weight is 410 g/mol. The summed E-state index contributed by atoms with van der Waals surface area (Å²) in [5.41, 5.74) is 4.29. The lowest BCUT2D eigenvalue weighted by Gasteiger charge is -2.09. The molecule has 0 saturated carbocycles. The first-order valence-corrected chi connectivity index (χ1v) is 9.55. The van der Waals surface area contributed by atoms with Crippen LogP contribution in [-0.4, -0.2) is 22.2 Å². The fraction of sp³-hybridized carbons (Fsp3) is 0. The number of carboxylic acid groups (broad SMARTS) is 2. The summed E-state index contributed by atoms with van der Waals surface area (Å²) in [6, 6.07) is 28.6. The van der Waals surface area contributed by atoms with E-state index in [-0.39, 0.29) is 11.1 Å². The number of aromatic carboxylic acids is 2. The molecule has 5 heteroatoms. The van der Waals surface area contributed by atoms with Crippen molar-refractivity contribution in [2.24, 2.45) is 0 Å². The van der Waals surface area contributed by atoms with Crippen molar-refractivity contribution in [1.29, 1.82) is 0 Å². The van der Waals surface area contributed by atoms with Crippen molar-refractivity contribution in [1.82, 2.24) is 0 Å². The summed E-state index contributed by atoms with van der Waals surface area (Å²) < 4.78 is 5.91. The summed E-state index contributed by atoms with van der Waals surface area (Å²) >= 11 is 0. The van der Waals surface area contributed by atoms with Crippen LogP contribution in [0.5, 0.6) is 11.5 Å². The van der Waals surface area contributed by atoms with Gasteiger partial charge in [0, 0.05) is 0 Å². The minimum atomic E-state index is -0.946. The molecule has 0 unspecified atom stereocenters. The van der Waals surface area contributed by atoms with E-state index in [2.05, 4.69) is 0 Å². The molecular weight excluding hydrogens is 392 g/mol. The molecule has 0 radical (unpaired) electrons. The van der Waals surface area contributed by atoms with E-state index >= 15 is 0 Å². The molecule has 0 fully saturated rings. The Morgan fingerprint density at radius 2 is 0.710 bits per heavy atom. The van der Waals surface area contributed by atoms with Crippen LogP contribution < -0.4 is 4.74 Å². The van der Waals surface area contributed by atoms with E-state index in [0.29, 0.717) is 11.5 Å². The van der Waals surface area contributed by atoms with Crippen molar-refractivity contribution in [2.45, 2.75) is 0 Å². The van der Waals surface area contributed by atoms with Gasteiger partial charge in [0.2, 0.25) is 0 Å². The summed E-state index contributed by atoms with van der Waals surface area (Å²) in [5, 5.41) is 18.0. The Labute approximate surface area is 178 Å². The molecular formula is C26H18O5. The van der Waals surface area contributed by atoms with E-state index in [9.17, 15) is 9.59 Å². The molecule has 0 heterocycles. The van der Waals surface area contributed by atoms with Crippen molar-refractivity contribution in [3.63, 3.8) is 0 Å². The van der Waals surface area contributed by atoms with E-state index in [1.54, 1.807) is 48.5 Å². The van der Waals surface area contributed by atoms with Gasteiger partial charge in [0.05, 0.1) is 11.1 Å². The number of hydrogen-bond acceptors (Lipinski definition) is 3. The van der Waals surface area contributed by atoms with E-state index in [1.807, 2.05) is 48.5 Å². The largest absolute Gasteiger partial charge is 0.478 e. The molecule has 31 heavy (non-hydrogen) atoms. The normalized spacial score (nSPS) is 10.5. The monoisotopic (exact) mass is 410 g/mol. The first-order chi connectivity index (χ1) is 15.0. The van der Waals surface area contributed by atoms with Gasteiger partial charge in [-0.15, -0.1) is 0 Å². The van der Waals surface area contributed by atoms with Crippen LogP contribution in [0.15, 0.2) is 97.1 Å². The maximum Gasteiger partial charge on any atom is 0.335 e. The smallest absolute Gasteiger partial charge is 0.335 e. The fourth-order valence-electron chi connectivity index (χ4n) is 3.18. The molecule has 0 aliphatic heterocycles. The molecule has 152 valence electrons. The molecule has 4 aromatic carbocycles. The van der Waals surface area contributed by atoms with Gasteiger partial charge in [0.15, 0.2) is 0 Å². The van der Waals surface area contributed by atoms with Crippen LogP contribution in [0.2, 0.25) is 0 Å². The first-order valence-electron chi connectivity index (χ1n) is 9.55. The highest BCUT2D eigenvalue weighted by Crippen LogP contribution is 2.28. The van der Waals surface area contributed by atoms with Gasteiger partial charge in [-0.1, -0.05) is 48.5 Å². The maximum atomic E-state index is 11.0. The molecule has 0 amide bonds. The van der Waals surface area contributed by atoms with Crippen molar-refractivity contribution in [3.05, 3.63) is 108 Å². The number of ether oxygens (including phenoxy) is 1. The molecule has 0 aliphatic rings. The summed E-state index contributed by atoms with van der Waals surface area (Å²) in [4.78, 5) is 21.9. The summed E-state index contributed by atoms with van der Waals surface area (Å²) in [7, 11) is 0. The fourth-order valence-corrected chi connectivity index (χ4v) is 3.18. The van der Waals surface area contributed by atoms with Gasteiger partial charge in [0.25, 0.3) is 0 Å². The van der Waals surface area contributed by atoms with Gasteiger partial charge < -0.3 is 14.9 Å². The molecule has 0 spiro atoms. The van der Waals surface area contributed by atoms with Gasteiger partial charge in [-0.3, -0.25) is 0 Å². The number of carboxylic acids is 2. The summed E-state index contributed by atoms with van der Waals surface area (Å²) in [6.07, 6.45) is 0. The zero-order valence-corrected chi connectivity index (χ0v) is 16.4. The van der Waals surface area contributed by atoms with Crippen LogP contribution in [0.1, 0.15) is 20.7 Å². The Kier molecular flexibility index (Phi) is 5.49. The van der Waals surface area contributed by atoms with Crippen LogP contribution in [0.4, 0.5) is 0 Å². The number of benzene rings is 4. The molecule has 2 N–H and O–H groups in total. The highest BCUT2D eigenvalue weighted by molar-refractivity contribution is 5.89. The van der Waals surface area contributed by atoms with Crippen molar-refractivity contribution in [2.75, 3.05) is 0 Å². The van der Waals surface area contributed by atoms with Crippen molar-refractivity contribution < 1.29 is 24.5 Å². The molecule has 0 atom stereocenters. The second-order valence-corrected chi connectivity index (χ2v) is 6.92. The minimum absolute atomic E-state index is 0.255. The third kappa shape index (κ3) is 4.62. The van der Waals surface area contributed by atoms with Crippen molar-refractivity contribution >= 4 is 11.9 Å². The lowest BCUT2D eigenvalue weighted by atomic mass is 10.0. The van der Waals surface area contributed by atoms with Gasteiger partial charge >= 0.3 is 11.9 Å². The van der Waals surface area contributed by atoms with E-state index in [1.165, 1.54) is 0 Å². The first kappa shape index (κ1) is 19.9. The van der Waals surface area contributed by atoms with E-state index in [0.717, 1.165) is 22.3 Å². The molecule has 0 bridgehead atoms. The Balaban J connectivity index is 1.44. The van der Waals surface area contributed by atoms with E-state index in [4.69, 9.17) is 14.9 Å². The molecule has 4 rings (SSSR count). The number of hydrogen-bond donors (Lipinski definition) is 2. The Morgan fingerprint density at radius 1 is 0.452 bits per heavy atom. The van der Waals surface area contributed by atoms with Gasteiger partial charge in [-0.2, -0.15) is 0 Å². The van der Waals surface area contributed by atoms with Crippen molar-refractivity contribution in [3.8, 4) is 33.8 Å².